The third kappa shape index (κ3) is 3.91. The van der Waals surface area contributed by atoms with E-state index in [9.17, 15) is 9.50 Å². The fourth-order valence-corrected chi connectivity index (χ4v) is 2.72. The lowest BCUT2D eigenvalue weighted by Crippen LogP contribution is -2.21. The highest BCUT2D eigenvalue weighted by molar-refractivity contribution is 9.10. The van der Waals surface area contributed by atoms with Crippen molar-refractivity contribution in [1.29, 1.82) is 0 Å². The van der Waals surface area contributed by atoms with Crippen molar-refractivity contribution in [2.24, 2.45) is 0 Å². The van der Waals surface area contributed by atoms with Gasteiger partial charge in [0.1, 0.15) is 11.9 Å². The van der Waals surface area contributed by atoms with Gasteiger partial charge >= 0.3 is 0 Å². The zero-order chi connectivity index (χ0) is 15.6. The van der Waals surface area contributed by atoms with Crippen LogP contribution in [0.5, 0.6) is 0 Å². The van der Waals surface area contributed by atoms with Crippen molar-refractivity contribution in [2.45, 2.75) is 12.6 Å². The summed E-state index contributed by atoms with van der Waals surface area (Å²) in [7, 11) is 3.94. The molecule has 1 aromatic heterocycles. The molecule has 0 amide bonds. The Morgan fingerprint density at radius 3 is 2.67 bits per heavy atom. The number of nitrogens with zero attached hydrogens (tertiary/aromatic N) is 3. The maximum atomic E-state index is 13.6. The van der Waals surface area contributed by atoms with Crippen LogP contribution in [0.3, 0.4) is 0 Å². The second kappa shape index (κ2) is 7.00. The molecule has 0 aliphatic heterocycles. The first-order chi connectivity index (χ1) is 9.90. The predicted molar refractivity (Wildman–Crippen MR) is 86.6 cm³/mol. The third-order valence-corrected chi connectivity index (χ3v) is 4.36. The van der Waals surface area contributed by atoms with Crippen LogP contribution in [0.2, 0.25) is 0 Å². The Bertz CT molecular complexity index is 631. The fourth-order valence-electron chi connectivity index (χ4n) is 1.96. The molecule has 0 saturated heterocycles. The molecule has 0 radical (unpaired) electrons. The minimum atomic E-state index is -0.938. The molecule has 0 saturated carbocycles. The van der Waals surface area contributed by atoms with Crippen LogP contribution in [-0.4, -0.2) is 40.4 Å². The van der Waals surface area contributed by atoms with Gasteiger partial charge in [0.05, 0.1) is 27.4 Å². The number of rotatable bonds is 5. The van der Waals surface area contributed by atoms with Gasteiger partial charge in [-0.1, -0.05) is 6.07 Å². The topological polar surface area (TPSA) is 41.3 Å². The standard InChI is InChI=1S/C14H16Br2FN3O/c1-19(2)5-6-20-13(11(16)8-18-20)14(21)9-3-4-10(15)12(17)7-9/h3-4,7-8,14,21H,5-6H2,1-2H3. The SMILES string of the molecule is CN(C)CCn1ncc(Br)c1C(O)c1ccc(Br)c(F)c1. The van der Waals surface area contributed by atoms with Crippen molar-refractivity contribution in [3.05, 3.63) is 50.4 Å². The van der Waals surface area contributed by atoms with Gasteiger partial charge in [-0.3, -0.25) is 4.68 Å². The molecule has 2 rings (SSSR count). The van der Waals surface area contributed by atoms with Crippen molar-refractivity contribution < 1.29 is 9.50 Å². The molecule has 1 unspecified atom stereocenters. The molecule has 0 spiro atoms. The number of aliphatic hydroxyl groups excluding tert-OH is 1. The van der Waals surface area contributed by atoms with Crippen LogP contribution >= 0.6 is 31.9 Å². The van der Waals surface area contributed by atoms with Crippen LogP contribution in [0.15, 0.2) is 33.3 Å². The van der Waals surface area contributed by atoms with E-state index in [1.807, 2.05) is 19.0 Å². The lowest BCUT2D eigenvalue weighted by molar-refractivity contribution is 0.204. The van der Waals surface area contributed by atoms with Gasteiger partial charge in [0.2, 0.25) is 0 Å². The van der Waals surface area contributed by atoms with E-state index in [1.54, 1.807) is 23.0 Å². The number of hydrogen-bond acceptors (Lipinski definition) is 3. The molecular weight excluding hydrogens is 405 g/mol. The molecule has 1 heterocycles. The summed E-state index contributed by atoms with van der Waals surface area (Å²) in [6.45, 7) is 1.44. The number of aromatic nitrogens is 2. The fraction of sp³-hybridized carbons (Fsp3) is 0.357. The predicted octanol–water partition coefficient (Wildman–Crippen LogP) is 3.19. The summed E-state index contributed by atoms with van der Waals surface area (Å²) in [6.07, 6.45) is 0.704. The van der Waals surface area contributed by atoms with Crippen molar-refractivity contribution in [1.82, 2.24) is 14.7 Å². The monoisotopic (exact) mass is 419 g/mol. The minimum Gasteiger partial charge on any atom is -0.382 e. The lowest BCUT2D eigenvalue weighted by atomic mass is 10.1. The van der Waals surface area contributed by atoms with Crippen LogP contribution in [0.1, 0.15) is 17.4 Å². The second-order valence-electron chi connectivity index (χ2n) is 4.98. The van der Waals surface area contributed by atoms with Crippen molar-refractivity contribution >= 4 is 31.9 Å². The molecule has 1 atom stereocenters. The maximum absolute atomic E-state index is 13.6. The van der Waals surface area contributed by atoms with Gasteiger partial charge in [-0.2, -0.15) is 5.10 Å². The summed E-state index contributed by atoms with van der Waals surface area (Å²) < 4.78 is 16.4. The summed E-state index contributed by atoms with van der Waals surface area (Å²) in [5.74, 6) is -0.401. The summed E-state index contributed by atoms with van der Waals surface area (Å²) in [4.78, 5) is 2.03. The highest BCUT2D eigenvalue weighted by Gasteiger charge is 2.20. The van der Waals surface area contributed by atoms with Crippen LogP contribution < -0.4 is 0 Å². The number of hydrogen-bond donors (Lipinski definition) is 1. The molecule has 1 N–H and O–H groups in total. The van der Waals surface area contributed by atoms with Gasteiger partial charge in [0.25, 0.3) is 0 Å². The zero-order valence-electron chi connectivity index (χ0n) is 11.7. The van der Waals surface area contributed by atoms with E-state index in [0.717, 1.165) is 6.54 Å². The highest BCUT2D eigenvalue weighted by atomic mass is 79.9. The van der Waals surface area contributed by atoms with Gasteiger partial charge in [0.15, 0.2) is 0 Å². The smallest absolute Gasteiger partial charge is 0.137 e. The summed E-state index contributed by atoms with van der Waals surface area (Å²) >= 11 is 6.50. The summed E-state index contributed by atoms with van der Waals surface area (Å²) in [5.41, 5.74) is 1.11. The molecule has 0 aliphatic rings. The van der Waals surface area contributed by atoms with Crippen molar-refractivity contribution in [2.75, 3.05) is 20.6 Å². The number of halogens is 3. The Morgan fingerprint density at radius 1 is 1.33 bits per heavy atom. The van der Waals surface area contributed by atoms with E-state index in [0.29, 0.717) is 26.7 Å². The third-order valence-electron chi connectivity index (χ3n) is 3.11. The summed E-state index contributed by atoms with van der Waals surface area (Å²) in [5, 5.41) is 14.8. The van der Waals surface area contributed by atoms with Crippen molar-refractivity contribution in [3.8, 4) is 0 Å². The minimum absolute atomic E-state index is 0.374. The van der Waals surface area contributed by atoms with Crippen LogP contribution in [0, 0.1) is 5.82 Å². The normalized spacial score (nSPS) is 12.9. The Kier molecular flexibility index (Phi) is 5.54. The van der Waals surface area contributed by atoms with E-state index in [4.69, 9.17) is 0 Å². The van der Waals surface area contributed by atoms with E-state index >= 15 is 0 Å². The molecule has 4 nitrogen and oxygen atoms in total. The first-order valence-corrected chi connectivity index (χ1v) is 7.97. The molecular formula is C14H16Br2FN3O. The second-order valence-corrected chi connectivity index (χ2v) is 6.69. The molecule has 0 fully saturated rings. The van der Waals surface area contributed by atoms with Crippen molar-refractivity contribution in [3.63, 3.8) is 0 Å². The largest absolute Gasteiger partial charge is 0.382 e. The Morgan fingerprint density at radius 2 is 2.05 bits per heavy atom. The van der Waals surface area contributed by atoms with E-state index in [-0.39, 0.29) is 0 Å². The maximum Gasteiger partial charge on any atom is 0.137 e. The van der Waals surface area contributed by atoms with Gasteiger partial charge < -0.3 is 10.0 Å². The molecule has 0 aliphatic carbocycles. The molecule has 21 heavy (non-hydrogen) atoms. The first kappa shape index (κ1) is 16.6. The van der Waals surface area contributed by atoms with Crippen LogP contribution in [0.4, 0.5) is 4.39 Å². The van der Waals surface area contributed by atoms with Gasteiger partial charge in [-0.15, -0.1) is 0 Å². The highest BCUT2D eigenvalue weighted by Crippen LogP contribution is 2.30. The van der Waals surface area contributed by atoms with E-state index < -0.39 is 11.9 Å². The van der Waals surface area contributed by atoms with Gasteiger partial charge in [-0.05, 0) is 63.7 Å². The Hall–Kier alpha value is -0.760. The zero-order valence-corrected chi connectivity index (χ0v) is 14.9. The average molecular weight is 421 g/mol. The van der Waals surface area contributed by atoms with Gasteiger partial charge in [0, 0.05) is 6.54 Å². The van der Waals surface area contributed by atoms with Gasteiger partial charge in [-0.25, -0.2) is 4.39 Å². The number of aliphatic hydroxyl groups is 1. The Balaban J connectivity index is 2.31. The van der Waals surface area contributed by atoms with E-state index in [1.165, 1.54) is 6.07 Å². The number of likely N-dealkylation sites (N-methyl/N-ethyl adjacent to an activating group) is 1. The van der Waals surface area contributed by atoms with E-state index in [2.05, 4.69) is 37.0 Å². The van der Waals surface area contributed by atoms with Crippen LogP contribution in [-0.2, 0) is 6.54 Å². The lowest BCUT2D eigenvalue weighted by Gasteiger charge is -2.16. The molecule has 1 aromatic carbocycles. The average Bonchev–Trinajstić information content (AvgIpc) is 2.80. The quantitative estimate of drug-likeness (QED) is 0.807. The molecule has 7 heteroatoms. The molecule has 114 valence electrons. The summed E-state index contributed by atoms with van der Waals surface area (Å²) in [6, 6.07) is 4.60. The van der Waals surface area contributed by atoms with Crippen LogP contribution in [0.25, 0.3) is 0 Å². The first-order valence-electron chi connectivity index (χ1n) is 6.39. The molecule has 0 bridgehead atoms. The molecule has 2 aromatic rings. The number of benzene rings is 1. The Labute approximate surface area is 139 Å².